The van der Waals surface area contributed by atoms with E-state index in [0.29, 0.717) is 22.5 Å². The summed E-state index contributed by atoms with van der Waals surface area (Å²) in [5.41, 5.74) is 3.44. The first-order chi connectivity index (χ1) is 10.6. The molecule has 0 saturated carbocycles. The van der Waals surface area contributed by atoms with Crippen LogP contribution in [-0.2, 0) is 0 Å². The molecule has 0 aliphatic heterocycles. The molecule has 0 atom stereocenters. The highest BCUT2D eigenvalue weighted by molar-refractivity contribution is 9.10. The minimum Gasteiger partial charge on any atom is -0.496 e. The number of halogens is 1. The van der Waals surface area contributed by atoms with Crippen LogP contribution in [0.1, 0.15) is 15.9 Å². The highest BCUT2D eigenvalue weighted by Gasteiger charge is 2.17. The second-order valence-corrected chi connectivity index (χ2v) is 6.14. The van der Waals surface area contributed by atoms with Gasteiger partial charge in [0.1, 0.15) is 16.8 Å². The van der Waals surface area contributed by atoms with Crippen LogP contribution in [0, 0.1) is 6.92 Å². The Labute approximate surface area is 139 Å². The third-order valence-corrected chi connectivity index (χ3v) is 4.22. The zero-order valence-corrected chi connectivity index (χ0v) is 14.3. The number of carbonyl (C=O) groups is 1. The lowest BCUT2D eigenvalue weighted by molar-refractivity contribution is 0.102. The number of methoxy groups -OCH3 is 1. The van der Waals surface area contributed by atoms with Gasteiger partial charge in [-0.2, -0.15) is 8.75 Å². The summed E-state index contributed by atoms with van der Waals surface area (Å²) in [6.07, 6.45) is 0. The molecule has 1 amide bonds. The van der Waals surface area contributed by atoms with Gasteiger partial charge in [0.2, 0.25) is 0 Å². The number of anilines is 1. The summed E-state index contributed by atoms with van der Waals surface area (Å²) >= 11 is 4.53. The third-order valence-electron chi connectivity index (χ3n) is 3.22. The number of ether oxygens (including phenoxy) is 1. The maximum atomic E-state index is 12.6. The van der Waals surface area contributed by atoms with Crippen LogP contribution in [0.4, 0.5) is 5.69 Å². The minimum absolute atomic E-state index is 0.248. The first-order valence-electron chi connectivity index (χ1n) is 6.47. The van der Waals surface area contributed by atoms with E-state index in [2.05, 4.69) is 30.0 Å². The fourth-order valence-corrected chi connectivity index (χ4v) is 3.39. The van der Waals surface area contributed by atoms with E-state index in [4.69, 9.17) is 4.74 Å². The Bertz CT molecular complexity index is 863. The number of fused-ring (bicyclic) bond motifs is 1. The largest absolute Gasteiger partial charge is 0.496 e. The smallest absolute Gasteiger partial charge is 0.259 e. The highest BCUT2D eigenvalue weighted by Crippen LogP contribution is 2.29. The van der Waals surface area contributed by atoms with E-state index in [1.165, 1.54) is 0 Å². The molecule has 0 aliphatic carbocycles. The number of carbonyl (C=O) groups excluding carboxylic acids is 1. The van der Waals surface area contributed by atoms with Gasteiger partial charge in [-0.05, 0) is 36.8 Å². The van der Waals surface area contributed by atoms with Crippen molar-refractivity contribution in [2.24, 2.45) is 0 Å². The Kier molecular flexibility index (Phi) is 4.08. The lowest BCUT2D eigenvalue weighted by Crippen LogP contribution is -2.14. The van der Waals surface area contributed by atoms with Crippen molar-refractivity contribution < 1.29 is 9.53 Å². The summed E-state index contributed by atoms with van der Waals surface area (Å²) in [6.45, 7) is 1.89. The normalized spacial score (nSPS) is 10.7. The van der Waals surface area contributed by atoms with Gasteiger partial charge < -0.3 is 10.1 Å². The summed E-state index contributed by atoms with van der Waals surface area (Å²) in [6, 6.07) is 9.14. The van der Waals surface area contributed by atoms with Gasteiger partial charge in [0.15, 0.2) is 0 Å². The Morgan fingerprint density at radius 3 is 2.91 bits per heavy atom. The Hall–Kier alpha value is -1.99. The van der Waals surface area contributed by atoms with Crippen LogP contribution in [0.15, 0.2) is 34.8 Å². The molecule has 7 heteroatoms. The third kappa shape index (κ3) is 2.69. The maximum absolute atomic E-state index is 12.6. The zero-order chi connectivity index (χ0) is 15.7. The van der Waals surface area contributed by atoms with E-state index in [1.807, 2.05) is 25.1 Å². The molecule has 0 radical (unpaired) electrons. The van der Waals surface area contributed by atoms with E-state index < -0.39 is 0 Å². The lowest BCUT2D eigenvalue weighted by atomic mass is 10.1. The standard InChI is InChI=1S/C15H12BrN3O2S/c1-8-6-9(16)7-10(14(8)21-2)15(20)17-11-4-3-5-12-13(11)19-22-18-12/h3-7H,1-2H3,(H,17,20). The first kappa shape index (κ1) is 14.9. The maximum Gasteiger partial charge on any atom is 0.259 e. The van der Waals surface area contributed by atoms with Crippen molar-refractivity contribution in [3.63, 3.8) is 0 Å². The van der Waals surface area contributed by atoms with E-state index in [1.54, 1.807) is 19.2 Å². The van der Waals surface area contributed by atoms with Crippen LogP contribution < -0.4 is 10.1 Å². The average molecular weight is 378 g/mol. The predicted molar refractivity (Wildman–Crippen MR) is 90.8 cm³/mol. The summed E-state index contributed by atoms with van der Waals surface area (Å²) in [5.74, 6) is 0.311. The molecule has 0 fully saturated rings. The number of aryl methyl sites for hydroxylation is 1. The molecule has 0 unspecified atom stereocenters. The Morgan fingerprint density at radius 1 is 1.32 bits per heavy atom. The summed E-state index contributed by atoms with van der Waals surface area (Å²) in [5, 5.41) is 2.88. The van der Waals surface area contributed by atoms with Crippen LogP contribution in [0.5, 0.6) is 5.75 Å². The van der Waals surface area contributed by atoms with Crippen molar-refractivity contribution in [1.82, 2.24) is 8.75 Å². The number of amides is 1. The van der Waals surface area contributed by atoms with Crippen molar-refractivity contribution in [2.45, 2.75) is 6.92 Å². The number of rotatable bonds is 3. The summed E-state index contributed by atoms with van der Waals surface area (Å²) in [7, 11) is 1.55. The fourth-order valence-electron chi connectivity index (χ4n) is 2.27. The Morgan fingerprint density at radius 2 is 2.14 bits per heavy atom. The number of hydrogen-bond acceptors (Lipinski definition) is 5. The highest BCUT2D eigenvalue weighted by atomic mass is 79.9. The number of aromatic nitrogens is 2. The van der Waals surface area contributed by atoms with Crippen molar-refractivity contribution in [2.75, 3.05) is 12.4 Å². The molecule has 1 aromatic heterocycles. The molecule has 0 spiro atoms. The number of benzene rings is 2. The summed E-state index contributed by atoms with van der Waals surface area (Å²) in [4.78, 5) is 12.6. The molecule has 3 rings (SSSR count). The SMILES string of the molecule is COc1c(C)cc(Br)cc1C(=O)Nc1cccc2nsnc12. The molecule has 0 saturated heterocycles. The fraction of sp³-hybridized carbons (Fsp3) is 0.133. The van der Waals surface area contributed by atoms with E-state index in [0.717, 1.165) is 27.3 Å². The molecule has 112 valence electrons. The topological polar surface area (TPSA) is 64.1 Å². The molecular formula is C15H12BrN3O2S. The van der Waals surface area contributed by atoms with Gasteiger partial charge >= 0.3 is 0 Å². The molecule has 3 aromatic rings. The lowest BCUT2D eigenvalue weighted by Gasteiger charge is -2.12. The quantitative estimate of drug-likeness (QED) is 0.748. The van der Waals surface area contributed by atoms with Gasteiger partial charge in [-0.25, -0.2) is 0 Å². The van der Waals surface area contributed by atoms with Gasteiger partial charge in [-0.15, -0.1) is 0 Å². The minimum atomic E-state index is -0.248. The molecule has 2 aromatic carbocycles. The molecule has 0 bridgehead atoms. The van der Waals surface area contributed by atoms with Crippen LogP contribution in [0.3, 0.4) is 0 Å². The van der Waals surface area contributed by atoms with Crippen LogP contribution in [0.25, 0.3) is 11.0 Å². The van der Waals surface area contributed by atoms with Gasteiger partial charge in [-0.3, -0.25) is 4.79 Å². The van der Waals surface area contributed by atoms with Crippen molar-refractivity contribution in [3.8, 4) is 5.75 Å². The molecule has 0 aliphatic rings. The van der Waals surface area contributed by atoms with E-state index in [-0.39, 0.29) is 5.91 Å². The monoisotopic (exact) mass is 377 g/mol. The van der Waals surface area contributed by atoms with Gasteiger partial charge in [0.25, 0.3) is 5.91 Å². The first-order valence-corrected chi connectivity index (χ1v) is 7.99. The predicted octanol–water partition coefficient (Wildman–Crippen LogP) is 4.02. The van der Waals surface area contributed by atoms with Crippen LogP contribution in [0.2, 0.25) is 0 Å². The van der Waals surface area contributed by atoms with Gasteiger partial charge in [0.05, 0.1) is 30.1 Å². The number of nitrogens with zero attached hydrogens (tertiary/aromatic N) is 2. The number of nitrogens with one attached hydrogen (secondary N) is 1. The molecule has 5 nitrogen and oxygen atoms in total. The van der Waals surface area contributed by atoms with E-state index in [9.17, 15) is 4.79 Å². The van der Waals surface area contributed by atoms with Gasteiger partial charge in [-0.1, -0.05) is 22.0 Å². The van der Waals surface area contributed by atoms with E-state index >= 15 is 0 Å². The summed E-state index contributed by atoms with van der Waals surface area (Å²) < 4.78 is 14.6. The molecule has 1 heterocycles. The van der Waals surface area contributed by atoms with Gasteiger partial charge in [0, 0.05) is 4.47 Å². The average Bonchev–Trinajstić information content (AvgIpc) is 2.96. The van der Waals surface area contributed by atoms with Crippen molar-refractivity contribution in [3.05, 3.63) is 45.9 Å². The molecule has 1 N–H and O–H groups in total. The number of hydrogen-bond donors (Lipinski definition) is 1. The molecule has 22 heavy (non-hydrogen) atoms. The second kappa shape index (κ2) is 6.02. The zero-order valence-electron chi connectivity index (χ0n) is 11.9. The van der Waals surface area contributed by atoms with Crippen molar-refractivity contribution in [1.29, 1.82) is 0 Å². The second-order valence-electron chi connectivity index (χ2n) is 4.70. The van der Waals surface area contributed by atoms with Crippen LogP contribution >= 0.6 is 27.7 Å². The Balaban J connectivity index is 2.00. The van der Waals surface area contributed by atoms with Crippen molar-refractivity contribution >= 4 is 50.3 Å². The van der Waals surface area contributed by atoms with Crippen LogP contribution in [-0.4, -0.2) is 21.8 Å². The molecular weight excluding hydrogens is 366 g/mol.